The lowest BCUT2D eigenvalue weighted by Crippen LogP contribution is -2.46. The van der Waals surface area contributed by atoms with Crippen molar-refractivity contribution in [2.75, 3.05) is 33.2 Å². The van der Waals surface area contributed by atoms with Crippen molar-refractivity contribution in [1.82, 2.24) is 9.80 Å². The maximum absolute atomic E-state index is 10.5. The molecule has 3 heteroatoms. The second-order valence-corrected chi connectivity index (χ2v) is 4.13. The van der Waals surface area contributed by atoms with Gasteiger partial charge in [0, 0.05) is 12.5 Å². The quantitative estimate of drug-likeness (QED) is 0.570. The molecular weight excluding hydrogens is 176 g/mol. The van der Waals surface area contributed by atoms with E-state index in [2.05, 4.69) is 23.8 Å². The monoisotopic (exact) mass is 198 g/mol. The third-order valence-corrected chi connectivity index (χ3v) is 3.16. The summed E-state index contributed by atoms with van der Waals surface area (Å²) in [4.78, 5) is 15.3. The molecule has 1 rings (SSSR count). The van der Waals surface area contributed by atoms with E-state index in [4.69, 9.17) is 0 Å². The summed E-state index contributed by atoms with van der Waals surface area (Å²) < 4.78 is 0. The number of hydrogen-bond donors (Lipinski definition) is 0. The summed E-state index contributed by atoms with van der Waals surface area (Å²) in [5, 5.41) is 0. The molecule has 0 bridgehead atoms. The van der Waals surface area contributed by atoms with Crippen molar-refractivity contribution in [3.05, 3.63) is 0 Å². The molecule has 0 aliphatic carbocycles. The van der Waals surface area contributed by atoms with E-state index in [1.54, 1.807) is 0 Å². The van der Waals surface area contributed by atoms with Crippen molar-refractivity contribution in [3.8, 4) is 0 Å². The minimum Gasteiger partial charge on any atom is -0.307 e. The number of carbonyl (C=O) groups excluding carboxylic acids is 1. The molecule has 0 aromatic heterocycles. The molecule has 1 saturated heterocycles. The van der Waals surface area contributed by atoms with Crippen molar-refractivity contribution in [2.24, 2.45) is 0 Å². The topological polar surface area (TPSA) is 23.6 Å². The number of aldehydes is 1. The molecule has 1 unspecified atom stereocenters. The van der Waals surface area contributed by atoms with E-state index in [1.807, 2.05) is 0 Å². The number of carbonyl (C=O) groups is 1. The van der Waals surface area contributed by atoms with Gasteiger partial charge in [0.1, 0.15) is 6.29 Å². The highest BCUT2D eigenvalue weighted by atomic mass is 16.1. The van der Waals surface area contributed by atoms with Crippen molar-refractivity contribution in [2.45, 2.75) is 32.2 Å². The van der Waals surface area contributed by atoms with Crippen molar-refractivity contribution in [3.63, 3.8) is 0 Å². The number of hydrogen-bond acceptors (Lipinski definition) is 3. The summed E-state index contributed by atoms with van der Waals surface area (Å²) in [6, 6.07) is 0.496. The van der Waals surface area contributed by atoms with Crippen LogP contribution in [0, 0.1) is 0 Å². The van der Waals surface area contributed by atoms with Gasteiger partial charge in [0.2, 0.25) is 0 Å². The van der Waals surface area contributed by atoms with E-state index in [0.29, 0.717) is 12.5 Å². The Morgan fingerprint density at radius 3 is 2.64 bits per heavy atom. The lowest BCUT2D eigenvalue weighted by atomic mass is 10.0. The van der Waals surface area contributed by atoms with E-state index < -0.39 is 0 Å². The Morgan fingerprint density at radius 2 is 2.21 bits per heavy atom. The van der Waals surface area contributed by atoms with Crippen LogP contribution in [0.1, 0.15) is 26.2 Å². The fourth-order valence-corrected chi connectivity index (χ4v) is 1.79. The maximum atomic E-state index is 10.5. The van der Waals surface area contributed by atoms with E-state index in [9.17, 15) is 4.79 Å². The highest BCUT2D eigenvalue weighted by molar-refractivity contribution is 5.50. The molecule has 0 amide bonds. The molecule has 0 N–H and O–H groups in total. The van der Waals surface area contributed by atoms with Crippen LogP contribution in [0.5, 0.6) is 0 Å². The van der Waals surface area contributed by atoms with Crippen LogP contribution in [0.2, 0.25) is 0 Å². The first-order chi connectivity index (χ1) is 6.77. The van der Waals surface area contributed by atoms with Gasteiger partial charge in [-0.05, 0) is 46.1 Å². The largest absolute Gasteiger partial charge is 0.307 e. The summed E-state index contributed by atoms with van der Waals surface area (Å²) in [5.41, 5.74) is 0. The number of likely N-dealkylation sites (tertiary alicyclic amines) is 1. The Morgan fingerprint density at radius 1 is 1.50 bits per heavy atom. The normalized spacial score (nSPS) is 19.4. The molecule has 0 spiro atoms. The molecule has 1 atom stereocenters. The van der Waals surface area contributed by atoms with Gasteiger partial charge in [-0.1, -0.05) is 6.92 Å². The zero-order chi connectivity index (χ0) is 10.4. The molecular formula is C11H22N2O. The van der Waals surface area contributed by atoms with Crippen LogP contribution >= 0.6 is 0 Å². The van der Waals surface area contributed by atoms with Crippen LogP contribution in [0.25, 0.3) is 0 Å². The molecule has 1 aliphatic heterocycles. The Labute approximate surface area is 87.1 Å². The van der Waals surface area contributed by atoms with Gasteiger partial charge in [-0.2, -0.15) is 0 Å². The Bertz CT molecular complexity index is 169. The van der Waals surface area contributed by atoms with Gasteiger partial charge < -0.3 is 9.69 Å². The average Bonchev–Trinajstić information content (AvgIpc) is 2.11. The summed E-state index contributed by atoms with van der Waals surface area (Å²) in [5.74, 6) is 0. The van der Waals surface area contributed by atoms with E-state index in [0.717, 1.165) is 25.8 Å². The minimum atomic E-state index is 0.496. The molecule has 1 fully saturated rings. The number of rotatable bonds is 7. The van der Waals surface area contributed by atoms with Gasteiger partial charge in [-0.15, -0.1) is 0 Å². The summed E-state index contributed by atoms with van der Waals surface area (Å²) in [6.07, 6.45) is 4.20. The van der Waals surface area contributed by atoms with Crippen LogP contribution in [-0.2, 0) is 4.79 Å². The summed E-state index contributed by atoms with van der Waals surface area (Å²) in [6.45, 7) is 6.74. The van der Waals surface area contributed by atoms with Gasteiger partial charge in [0.25, 0.3) is 0 Å². The zero-order valence-electron chi connectivity index (χ0n) is 9.41. The molecule has 1 heterocycles. The third-order valence-electron chi connectivity index (χ3n) is 3.16. The van der Waals surface area contributed by atoms with Crippen LogP contribution in [-0.4, -0.2) is 55.4 Å². The van der Waals surface area contributed by atoms with Crippen molar-refractivity contribution < 1.29 is 4.79 Å². The highest BCUT2D eigenvalue weighted by Gasteiger charge is 2.23. The van der Waals surface area contributed by atoms with Crippen LogP contribution in [0.15, 0.2) is 0 Å². The highest BCUT2D eigenvalue weighted by Crippen LogP contribution is 2.16. The smallest absolute Gasteiger partial charge is 0.121 e. The first-order valence-corrected chi connectivity index (χ1v) is 5.64. The van der Waals surface area contributed by atoms with Crippen molar-refractivity contribution >= 4 is 6.29 Å². The van der Waals surface area contributed by atoms with Gasteiger partial charge >= 0.3 is 0 Å². The Hall–Kier alpha value is -0.410. The molecule has 0 saturated carbocycles. The van der Waals surface area contributed by atoms with Gasteiger partial charge in [0.15, 0.2) is 0 Å². The fraction of sp³-hybridized carbons (Fsp3) is 0.909. The molecule has 14 heavy (non-hydrogen) atoms. The van der Waals surface area contributed by atoms with E-state index >= 15 is 0 Å². The maximum Gasteiger partial charge on any atom is 0.121 e. The molecule has 0 aromatic rings. The van der Waals surface area contributed by atoms with Gasteiger partial charge in [-0.25, -0.2) is 0 Å². The SMILES string of the molecule is CCN(C)CCC(CC=O)N1CCC1. The van der Waals surface area contributed by atoms with Gasteiger partial charge in [-0.3, -0.25) is 4.90 Å². The van der Waals surface area contributed by atoms with E-state index in [-0.39, 0.29) is 0 Å². The predicted octanol–water partition coefficient (Wildman–Crippen LogP) is 0.991. The van der Waals surface area contributed by atoms with Crippen LogP contribution in [0.3, 0.4) is 0 Å². The van der Waals surface area contributed by atoms with Crippen LogP contribution < -0.4 is 0 Å². The lowest BCUT2D eigenvalue weighted by Gasteiger charge is -2.38. The first kappa shape index (κ1) is 11.7. The molecule has 0 aromatic carbocycles. The van der Waals surface area contributed by atoms with E-state index in [1.165, 1.54) is 19.5 Å². The second-order valence-electron chi connectivity index (χ2n) is 4.13. The third kappa shape index (κ3) is 3.39. The Kier molecular flexibility index (Phi) is 5.12. The van der Waals surface area contributed by atoms with Crippen molar-refractivity contribution in [1.29, 1.82) is 0 Å². The lowest BCUT2D eigenvalue weighted by molar-refractivity contribution is -0.109. The zero-order valence-corrected chi connectivity index (χ0v) is 9.41. The standard InChI is InChI=1S/C11H22N2O/c1-3-12(2)9-5-11(6-10-14)13-7-4-8-13/h10-11H,3-9H2,1-2H3. The predicted molar refractivity (Wildman–Crippen MR) is 58.4 cm³/mol. The second kappa shape index (κ2) is 6.14. The van der Waals surface area contributed by atoms with Crippen LogP contribution in [0.4, 0.5) is 0 Å². The minimum absolute atomic E-state index is 0.496. The molecule has 0 radical (unpaired) electrons. The molecule has 82 valence electrons. The first-order valence-electron chi connectivity index (χ1n) is 5.64. The molecule has 1 aliphatic rings. The average molecular weight is 198 g/mol. The number of nitrogens with zero attached hydrogens (tertiary/aromatic N) is 2. The summed E-state index contributed by atoms with van der Waals surface area (Å²) >= 11 is 0. The fourth-order valence-electron chi connectivity index (χ4n) is 1.79. The van der Waals surface area contributed by atoms with Gasteiger partial charge in [0.05, 0.1) is 0 Å². The Balaban J connectivity index is 2.23. The molecule has 3 nitrogen and oxygen atoms in total. The summed E-state index contributed by atoms with van der Waals surface area (Å²) in [7, 11) is 2.13.